The molecule has 0 aliphatic carbocycles. The van der Waals surface area contributed by atoms with Gasteiger partial charge in [-0.05, 0) is 32.8 Å². The van der Waals surface area contributed by atoms with Crippen LogP contribution in [0.3, 0.4) is 0 Å². The van der Waals surface area contributed by atoms with Crippen molar-refractivity contribution in [2.24, 2.45) is 0 Å². The van der Waals surface area contributed by atoms with E-state index in [0.717, 1.165) is 18.5 Å². The summed E-state index contributed by atoms with van der Waals surface area (Å²) in [6, 6.07) is 3.32. The van der Waals surface area contributed by atoms with Crippen LogP contribution in [0.2, 0.25) is 0 Å². The van der Waals surface area contributed by atoms with E-state index in [4.69, 9.17) is 0 Å². The summed E-state index contributed by atoms with van der Waals surface area (Å²) in [6.07, 6.45) is 5.25. The Labute approximate surface area is 149 Å². The maximum absolute atomic E-state index is 13.2. The number of likely N-dealkylation sites (tertiary alicyclic amines) is 1. The zero-order chi connectivity index (χ0) is 18.3. The summed E-state index contributed by atoms with van der Waals surface area (Å²) in [7, 11) is 0. The number of imidazole rings is 1. The largest absolute Gasteiger partial charge is 0.337 e. The predicted molar refractivity (Wildman–Crippen MR) is 95.2 cm³/mol. The molecule has 1 saturated heterocycles. The molecule has 0 bridgehead atoms. The molecule has 0 spiro atoms. The van der Waals surface area contributed by atoms with E-state index >= 15 is 0 Å². The number of nitrogens with one attached hydrogen (secondary N) is 1. The van der Waals surface area contributed by atoms with Gasteiger partial charge in [-0.15, -0.1) is 0 Å². The average molecular weight is 352 g/mol. The fourth-order valence-corrected chi connectivity index (χ4v) is 3.62. The van der Waals surface area contributed by atoms with E-state index in [1.807, 2.05) is 11.8 Å². The first-order valence-electron chi connectivity index (χ1n) is 8.70. The molecule has 0 radical (unpaired) electrons. The number of aromatic nitrogens is 5. The summed E-state index contributed by atoms with van der Waals surface area (Å²) in [5.74, 6) is 1.12. The minimum absolute atomic E-state index is 0.0609. The second kappa shape index (κ2) is 6.36. The molecule has 8 heteroatoms. The van der Waals surface area contributed by atoms with Gasteiger partial charge in [0.25, 0.3) is 11.5 Å². The van der Waals surface area contributed by atoms with Crippen molar-refractivity contribution in [1.82, 2.24) is 29.2 Å². The lowest BCUT2D eigenvalue weighted by Crippen LogP contribution is -2.40. The van der Waals surface area contributed by atoms with Crippen molar-refractivity contribution < 1.29 is 4.79 Å². The van der Waals surface area contributed by atoms with E-state index in [2.05, 4.69) is 19.9 Å². The van der Waals surface area contributed by atoms with Crippen LogP contribution in [-0.4, -0.2) is 48.2 Å². The van der Waals surface area contributed by atoms with Crippen molar-refractivity contribution in [3.63, 3.8) is 0 Å². The molecule has 8 nitrogen and oxygen atoms in total. The lowest BCUT2D eigenvalue weighted by atomic mass is 9.94. The van der Waals surface area contributed by atoms with Crippen LogP contribution in [0, 0.1) is 13.8 Å². The number of hydrogen-bond donors (Lipinski definition) is 1. The smallest absolute Gasteiger partial charge is 0.272 e. The molecule has 0 saturated carbocycles. The first-order valence-corrected chi connectivity index (χ1v) is 8.70. The van der Waals surface area contributed by atoms with Gasteiger partial charge in [0, 0.05) is 37.5 Å². The number of fused-ring (bicyclic) bond motifs is 1. The Morgan fingerprint density at radius 2 is 2.15 bits per heavy atom. The van der Waals surface area contributed by atoms with E-state index in [9.17, 15) is 9.59 Å². The topological polar surface area (TPSA) is 96.2 Å². The zero-order valence-corrected chi connectivity index (χ0v) is 14.8. The van der Waals surface area contributed by atoms with Gasteiger partial charge in [-0.25, -0.2) is 15.0 Å². The Morgan fingerprint density at radius 3 is 2.96 bits per heavy atom. The second-order valence-electron chi connectivity index (χ2n) is 6.68. The summed E-state index contributed by atoms with van der Waals surface area (Å²) in [5.41, 5.74) is 1.81. The van der Waals surface area contributed by atoms with Gasteiger partial charge in [-0.3, -0.25) is 14.0 Å². The highest BCUT2D eigenvalue weighted by molar-refractivity contribution is 5.94. The maximum atomic E-state index is 13.2. The predicted octanol–water partition coefficient (Wildman–Crippen LogP) is 1.45. The van der Waals surface area contributed by atoms with Gasteiger partial charge in [-0.2, -0.15) is 0 Å². The minimum atomic E-state index is -0.153. The van der Waals surface area contributed by atoms with Crippen molar-refractivity contribution in [3.05, 3.63) is 57.8 Å². The highest BCUT2D eigenvalue weighted by Crippen LogP contribution is 2.26. The molecule has 26 heavy (non-hydrogen) atoms. The van der Waals surface area contributed by atoms with Crippen LogP contribution < -0.4 is 5.56 Å². The molecule has 4 rings (SSSR count). The normalized spacial score (nSPS) is 17.6. The minimum Gasteiger partial charge on any atom is -0.337 e. The summed E-state index contributed by atoms with van der Waals surface area (Å²) >= 11 is 0. The standard InChI is InChI=1S/C18H20N6O2/c1-11-16(24-8-4-6-19-18(24)20-11)17(26)23-7-3-5-13(10-23)14-9-15(25)22-12(2)21-14/h4,6,8-9,13H,3,5,7,10H2,1-2H3,(H,21,22,25)/t13-/m1/s1. The first kappa shape index (κ1) is 16.4. The van der Waals surface area contributed by atoms with E-state index < -0.39 is 0 Å². The Hall–Kier alpha value is -3.03. The summed E-state index contributed by atoms with van der Waals surface area (Å²) in [5, 5.41) is 0. The molecule has 1 atom stereocenters. The summed E-state index contributed by atoms with van der Waals surface area (Å²) in [4.78, 5) is 42.4. The van der Waals surface area contributed by atoms with Crippen LogP contribution in [0.15, 0.2) is 29.3 Å². The molecule has 3 aromatic rings. The van der Waals surface area contributed by atoms with Crippen LogP contribution in [0.25, 0.3) is 5.78 Å². The quantitative estimate of drug-likeness (QED) is 0.753. The van der Waals surface area contributed by atoms with Gasteiger partial charge in [0.15, 0.2) is 0 Å². The van der Waals surface area contributed by atoms with E-state index in [1.165, 1.54) is 6.07 Å². The molecule has 1 aliphatic heterocycles. The van der Waals surface area contributed by atoms with Crippen molar-refractivity contribution in [2.45, 2.75) is 32.6 Å². The van der Waals surface area contributed by atoms with Crippen LogP contribution in [0.5, 0.6) is 0 Å². The molecular weight excluding hydrogens is 332 g/mol. The SMILES string of the molecule is Cc1nc([C@@H]2CCCN(C(=O)c3c(C)nc4ncccn34)C2)cc(=O)[nH]1. The van der Waals surface area contributed by atoms with Crippen LogP contribution in [-0.2, 0) is 0 Å². The third-order valence-electron chi connectivity index (χ3n) is 4.79. The molecule has 4 heterocycles. The molecule has 134 valence electrons. The van der Waals surface area contributed by atoms with Crippen LogP contribution in [0.4, 0.5) is 0 Å². The molecular formula is C18H20N6O2. The third-order valence-corrected chi connectivity index (χ3v) is 4.79. The summed E-state index contributed by atoms with van der Waals surface area (Å²) < 4.78 is 1.73. The van der Waals surface area contributed by atoms with Gasteiger partial charge >= 0.3 is 0 Å². The van der Waals surface area contributed by atoms with Crippen LogP contribution >= 0.6 is 0 Å². The molecule has 0 unspecified atom stereocenters. The lowest BCUT2D eigenvalue weighted by Gasteiger charge is -2.32. The maximum Gasteiger partial charge on any atom is 0.272 e. The van der Waals surface area contributed by atoms with E-state index in [-0.39, 0.29) is 17.4 Å². The summed E-state index contributed by atoms with van der Waals surface area (Å²) in [6.45, 7) is 4.82. The second-order valence-corrected chi connectivity index (χ2v) is 6.68. The number of aromatic amines is 1. The Bertz CT molecular complexity index is 1040. The van der Waals surface area contributed by atoms with E-state index in [0.29, 0.717) is 36.1 Å². The third kappa shape index (κ3) is 2.87. The van der Waals surface area contributed by atoms with Crippen molar-refractivity contribution in [2.75, 3.05) is 13.1 Å². The molecule has 1 amide bonds. The highest BCUT2D eigenvalue weighted by atomic mass is 16.2. The number of amides is 1. The van der Waals surface area contributed by atoms with Crippen molar-refractivity contribution in [1.29, 1.82) is 0 Å². The Morgan fingerprint density at radius 1 is 1.31 bits per heavy atom. The fraction of sp³-hybridized carbons (Fsp3) is 0.389. The van der Waals surface area contributed by atoms with Crippen molar-refractivity contribution >= 4 is 11.7 Å². The fourth-order valence-electron chi connectivity index (χ4n) is 3.62. The number of nitrogens with zero attached hydrogens (tertiary/aromatic N) is 5. The average Bonchev–Trinajstić information content (AvgIpc) is 2.96. The zero-order valence-electron chi connectivity index (χ0n) is 14.8. The molecule has 1 fully saturated rings. The van der Waals surface area contributed by atoms with Gasteiger partial charge in [0.2, 0.25) is 5.78 Å². The Balaban J connectivity index is 1.64. The van der Waals surface area contributed by atoms with Crippen molar-refractivity contribution in [3.8, 4) is 0 Å². The molecule has 1 aliphatic rings. The number of rotatable bonds is 2. The van der Waals surface area contributed by atoms with Gasteiger partial charge in [0.05, 0.1) is 11.4 Å². The first-order chi connectivity index (χ1) is 12.5. The van der Waals surface area contributed by atoms with Gasteiger partial charge < -0.3 is 9.88 Å². The van der Waals surface area contributed by atoms with Crippen LogP contribution in [0.1, 0.15) is 46.5 Å². The van der Waals surface area contributed by atoms with E-state index in [1.54, 1.807) is 29.8 Å². The monoisotopic (exact) mass is 352 g/mol. The van der Waals surface area contributed by atoms with Gasteiger partial charge in [0.1, 0.15) is 11.5 Å². The number of carbonyl (C=O) groups is 1. The molecule has 0 aromatic carbocycles. The Kier molecular flexibility index (Phi) is 4.02. The number of carbonyl (C=O) groups excluding carboxylic acids is 1. The lowest BCUT2D eigenvalue weighted by molar-refractivity contribution is 0.0698. The highest BCUT2D eigenvalue weighted by Gasteiger charge is 2.29. The number of piperidine rings is 1. The molecule has 1 N–H and O–H groups in total. The number of aryl methyl sites for hydroxylation is 2. The molecule has 3 aromatic heterocycles. The van der Waals surface area contributed by atoms with Gasteiger partial charge in [-0.1, -0.05) is 0 Å². The number of H-pyrrole nitrogens is 1. The number of hydrogen-bond acceptors (Lipinski definition) is 5.